The largest absolute Gasteiger partial charge is 0.467 e. The maximum atomic E-state index is 5.78. The first-order chi connectivity index (χ1) is 8.40. The molecule has 96 valence electrons. The first kappa shape index (κ1) is 12.7. The number of hydrogen-bond acceptors (Lipinski definition) is 3. The van der Waals surface area contributed by atoms with Gasteiger partial charge in [-0.25, -0.2) is 0 Å². The van der Waals surface area contributed by atoms with Crippen LogP contribution in [-0.4, -0.2) is 13.7 Å². The molecule has 17 heavy (non-hydrogen) atoms. The van der Waals surface area contributed by atoms with Crippen molar-refractivity contribution in [3.63, 3.8) is 0 Å². The van der Waals surface area contributed by atoms with Gasteiger partial charge in [0.15, 0.2) is 0 Å². The second-order valence-electron chi connectivity index (χ2n) is 4.92. The van der Waals surface area contributed by atoms with E-state index in [2.05, 4.69) is 5.32 Å². The summed E-state index contributed by atoms with van der Waals surface area (Å²) >= 11 is 0. The molecule has 1 heterocycles. The first-order valence-corrected chi connectivity index (χ1v) is 6.67. The lowest BCUT2D eigenvalue weighted by atomic mass is 9.90. The molecular weight excluding hydrogens is 214 g/mol. The molecule has 1 aliphatic carbocycles. The molecular formula is C14H23NO2. The van der Waals surface area contributed by atoms with E-state index in [-0.39, 0.29) is 0 Å². The highest BCUT2D eigenvalue weighted by atomic mass is 16.5. The second kappa shape index (κ2) is 6.82. The Labute approximate surface area is 104 Å². The van der Waals surface area contributed by atoms with E-state index in [1.807, 2.05) is 13.1 Å². The van der Waals surface area contributed by atoms with Gasteiger partial charge in [0.2, 0.25) is 0 Å². The van der Waals surface area contributed by atoms with Crippen LogP contribution in [0.3, 0.4) is 0 Å². The minimum absolute atomic E-state index is 0.612. The molecule has 1 aliphatic rings. The molecule has 3 nitrogen and oxygen atoms in total. The van der Waals surface area contributed by atoms with E-state index in [0.29, 0.717) is 6.61 Å². The lowest BCUT2D eigenvalue weighted by Gasteiger charge is -2.21. The molecule has 0 atom stereocenters. The third-order valence-corrected chi connectivity index (χ3v) is 3.52. The van der Waals surface area contributed by atoms with Gasteiger partial charge in [-0.2, -0.15) is 0 Å². The van der Waals surface area contributed by atoms with Crippen molar-refractivity contribution in [2.75, 3.05) is 13.7 Å². The third kappa shape index (κ3) is 3.86. The van der Waals surface area contributed by atoms with Crippen molar-refractivity contribution >= 4 is 0 Å². The summed E-state index contributed by atoms with van der Waals surface area (Å²) in [7, 11) is 1.94. The van der Waals surface area contributed by atoms with Gasteiger partial charge in [-0.15, -0.1) is 0 Å². The van der Waals surface area contributed by atoms with Crippen LogP contribution in [0.2, 0.25) is 0 Å². The summed E-state index contributed by atoms with van der Waals surface area (Å²) in [6.07, 6.45) is 8.57. The maximum Gasteiger partial charge on any atom is 0.133 e. The molecule has 0 spiro atoms. The van der Waals surface area contributed by atoms with E-state index in [1.165, 1.54) is 37.7 Å². The number of hydrogen-bond donors (Lipinski definition) is 1. The van der Waals surface area contributed by atoms with Crippen molar-refractivity contribution < 1.29 is 9.15 Å². The van der Waals surface area contributed by atoms with Crippen molar-refractivity contribution in [2.24, 2.45) is 5.92 Å². The Kier molecular flexibility index (Phi) is 5.08. The van der Waals surface area contributed by atoms with Gasteiger partial charge in [0.1, 0.15) is 12.4 Å². The van der Waals surface area contributed by atoms with Crippen molar-refractivity contribution in [3.8, 4) is 0 Å². The van der Waals surface area contributed by atoms with Gasteiger partial charge in [-0.1, -0.05) is 19.3 Å². The maximum absolute atomic E-state index is 5.78. The number of nitrogens with one attached hydrogen (secondary N) is 1. The standard InChI is InChI=1S/C14H23NO2/c1-15-9-13-7-8-17-14(13)11-16-10-12-5-3-2-4-6-12/h7-8,12,15H,2-6,9-11H2,1H3. The van der Waals surface area contributed by atoms with Gasteiger partial charge in [0.25, 0.3) is 0 Å². The summed E-state index contributed by atoms with van der Waals surface area (Å²) in [5, 5.41) is 3.13. The van der Waals surface area contributed by atoms with Crippen molar-refractivity contribution in [1.29, 1.82) is 0 Å². The summed E-state index contributed by atoms with van der Waals surface area (Å²) in [6, 6.07) is 2.01. The molecule has 0 aromatic carbocycles. The zero-order valence-electron chi connectivity index (χ0n) is 10.7. The van der Waals surface area contributed by atoms with E-state index in [0.717, 1.165) is 24.8 Å². The topological polar surface area (TPSA) is 34.4 Å². The van der Waals surface area contributed by atoms with Crippen LogP contribution in [0.4, 0.5) is 0 Å². The number of ether oxygens (including phenoxy) is 1. The molecule has 3 heteroatoms. The van der Waals surface area contributed by atoms with E-state index in [9.17, 15) is 0 Å². The van der Waals surface area contributed by atoms with Crippen LogP contribution < -0.4 is 5.32 Å². The average Bonchev–Trinajstić information content (AvgIpc) is 2.79. The van der Waals surface area contributed by atoms with Crippen LogP contribution in [0.1, 0.15) is 43.4 Å². The fourth-order valence-electron chi connectivity index (χ4n) is 2.51. The van der Waals surface area contributed by atoms with Crippen molar-refractivity contribution in [2.45, 2.75) is 45.3 Å². The van der Waals surface area contributed by atoms with E-state index in [1.54, 1.807) is 6.26 Å². The zero-order chi connectivity index (χ0) is 11.9. The molecule has 1 fully saturated rings. The van der Waals surface area contributed by atoms with Crippen molar-refractivity contribution in [3.05, 3.63) is 23.7 Å². The van der Waals surface area contributed by atoms with Crippen LogP contribution in [0.15, 0.2) is 16.7 Å². The summed E-state index contributed by atoms with van der Waals surface area (Å²) in [5.74, 6) is 1.74. The molecule has 1 saturated carbocycles. The number of furan rings is 1. The first-order valence-electron chi connectivity index (χ1n) is 6.67. The SMILES string of the molecule is CNCc1ccoc1COCC1CCCCC1. The normalized spacial score (nSPS) is 17.5. The third-order valence-electron chi connectivity index (χ3n) is 3.52. The summed E-state index contributed by atoms with van der Waals surface area (Å²) in [6.45, 7) is 2.35. The molecule has 0 amide bonds. The summed E-state index contributed by atoms with van der Waals surface area (Å²) in [4.78, 5) is 0. The second-order valence-corrected chi connectivity index (χ2v) is 4.92. The Hall–Kier alpha value is -0.800. The Morgan fingerprint density at radius 2 is 2.18 bits per heavy atom. The van der Waals surface area contributed by atoms with Crippen LogP contribution in [-0.2, 0) is 17.9 Å². The Morgan fingerprint density at radius 3 is 2.94 bits per heavy atom. The molecule has 2 rings (SSSR count). The Bertz CT molecular complexity index is 316. The quantitative estimate of drug-likeness (QED) is 0.825. The van der Waals surface area contributed by atoms with Crippen LogP contribution in [0, 0.1) is 5.92 Å². The lowest BCUT2D eigenvalue weighted by Crippen LogP contribution is -2.13. The molecule has 0 radical (unpaired) electrons. The van der Waals surface area contributed by atoms with Gasteiger partial charge in [0, 0.05) is 18.7 Å². The highest BCUT2D eigenvalue weighted by molar-refractivity contribution is 5.15. The van der Waals surface area contributed by atoms with Gasteiger partial charge >= 0.3 is 0 Å². The fourth-order valence-corrected chi connectivity index (χ4v) is 2.51. The summed E-state index contributed by atoms with van der Waals surface area (Å²) < 4.78 is 11.2. The molecule has 1 N–H and O–H groups in total. The minimum Gasteiger partial charge on any atom is -0.467 e. The molecule has 0 unspecified atom stereocenters. The molecule has 1 aromatic heterocycles. The minimum atomic E-state index is 0.612. The predicted octanol–water partition coefficient (Wildman–Crippen LogP) is 3.10. The zero-order valence-corrected chi connectivity index (χ0v) is 10.7. The monoisotopic (exact) mass is 237 g/mol. The molecule has 1 aromatic rings. The van der Waals surface area contributed by atoms with Gasteiger partial charge in [0.05, 0.1) is 6.26 Å². The molecule has 0 saturated heterocycles. The van der Waals surface area contributed by atoms with E-state index >= 15 is 0 Å². The fraction of sp³-hybridized carbons (Fsp3) is 0.714. The smallest absolute Gasteiger partial charge is 0.133 e. The number of rotatable bonds is 6. The van der Waals surface area contributed by atoms with Crippen LogP contribution in [0.5, 0.6) is 0 Å². The molecule has 0 bridgehead atoms. The van der Waals surface area contributed by atoms with Gasteiger partial charge < -0.3 is 14.5 Å². The van der Waals surface area contributed by atoms with Gasteiger partial charge in [-0.05, 0) is 31.9 Å². The molecule has 0 aliphatic heterocycles. The highest BCUT2D eigenvalue weighted by Crippen LogP contribution is 2.24. The lowest BCUT2D eigenvalue weighted by molar-refractivity contribution is 0.0632. The van der Waals surface area contributed by atoms with Gasteiger partial charge in [-0.3, -0.25) is 0 Å². The van der Waals surface area contributed by atoms with E-state index < -0.39 is 0 Å². The average molecular weight is 237 g/mol. The predicted molar refractivity (Wildman–Crippen MR) is 67.7 cm³/mol. The van der Waals surface area contributed by atoms with Crippen LogP contribution >= 0.6 is 0 Å². The van der Waals surface area contributed by atoms with Crippen molar-refractivity contribution in [1.82, 2.24) is 5.32 Å². The Balaban J connectivity index is 1.71. The van der Waals surface area contributed by atoms with Crippen LogP contribution in [0.25, 0.3) is 0 Å². The van der Waals surface area contributed by atoms with E-state index in [4.69, 9.17) is 9.15 Å². The summed E-state index contributed by atoms with van der Waals surface area (Å²) in [5.41, 5.74) is 1.20. The highest BCUT2D eigenvalue weighted by Gasteiger charge is 2.14. The Morgan fingerprint density at radius 1 is 1.35 bits per heavy atom.